The maximum atomic E-state index is 12.9. The van der Waals surface area contributed by atoms with Crippen molar-refractivity contribution in [1.82, 2.24) is 4.98 Å². The van der Waals surface area contributed by atoms with Crippen LogP contribution in [0.5, 0.6) is 0 Å². The van der Waals surface area contributed by atoms with Crippen molar-refractivity contribution in [1.29, 1.82) is 5.26 Å². The molecule has 0 saturated heterocycles. The van der Waals surface area contributed by atoms with Crippen molar-refractivity contribution in [2.75, 3.05) is 0 Å². The summed E-state index contributed by atoms with van der Waals surface area (Å²) in [7, 11) is 0. The number of nitrogens with zero attached hydrogens (tertiary/aromatic N) is 1. The topological polar surface area (TPSA) is 56.6 Å². The van der Waals surface area contributed by atoms with E-state index in [2.05, 4.69) is 0 Å². The van der Waals surface area contributed by atoms with Crippen LogP contribution in [0.1, 0.15) is 17.8 Å². The van der Waals surface area contributed by atoms with Crippen molar-refractivity contribution in [3.8, 4) is 6.07 Å². The van der Waals surface area contributed by atoms with Gasteiger partial charge >= 0.3 is 0 Å². The molecular formula is C8H5F3N2O. The van der Waals surface area contributed by atoms with Crippen molar-refractivity contribution >= 4 is 0 Å². The lowest BCUT2D eigenvalue weighted by Gasteiger charge is -2.03. The molecule has 0 bridgehead atoms. The fourth-order valence-electron chi connectivity index (χ4n) is 0.937. The second-order valence-corrected chi connectivity index (χ2v) is 2.52. The molecule has 0 aliphatic rings. The Balaban J connectivity index is 3.30. The van der Waals surface area contributed by atoms with Crippen LogP contribution >= 0.6 is 0 Å². The molecule has 6 heteroatoms. The second-order valence-electron chi connectivity index (χ2n) is 2.52. The Morgan fingerprint density at radius 2 is 2.21 bits per heavy atom. The van der Waals surface area contributed by atoms with Gasteiger partial charge in [-0.3, -0.25) is 4.79 Å². The average Bonchev–Trinajstić information content (AvgIpc) is 2.12. The molecule has 0 atom stereocenters. The van der Waals surface area contributed by atoms with Crippen molar-refractivity contribution in [2.45, 2.75) is 12.8 Å². The molecule has 0 amide bonds. The van der Waals surface area contributed by atoms with Crippen LogP contribution in [0.15, 0.2) is 10.9 Å². The van der Waals surface area contributed by atoms with Crippen LogP contribution in [0, 0.1) is 17.1 Å². The fourth-order valence-corrected chi connectivity index (χ4v) is 0.937. The smallest absolute Gasteiger partial charge is 0.278 e. The first kappa shape index (κ1) is 10.3. The number of pyridine rings is 1. The van der Waals surface area contributed by atoms with E-state index in [-0.39, 0.29) is 0 Å². The van der Waals surface area contributed by atoms with Gasteiger partial charge in [-0.05, 0) is 0 Å². The predicted molar refractivity (Wildman–Crippen MR) is 41.3 cm³/mol. The fraction of sp³-hybridized carbons (Fsp3) is 0.250. The van der Waals surface area contributed by atoms with Crippen molar-refractivity contribution in [3.05, 3.63) is 33.5 Å². The number of H-pyrrole nitrogens is 1. The van der Waals surface area contributed by atoms with Crippen molar-refractivity contribution in [3.63, 3.8) is 0 Å². The Morgan fingerprint density at radius 1 is 1.57 bits per heavy atom. The standard InChI is InChI=1S/C8H5F3N2O/c9-7-4(1-2-12)13-5(8(10)11)3-6(7)14/h3,8H,1H2,(H,13,14). The Labute approximate surface area is 76.8 Å². The van der Waals surface area contributed by atoms with E-state index in [0.29, 0.717) is 6.07 Å². The van der Waals surface area contributed by atoms with Crippen molar-refractivity contribution in [2.24, 2.45) is 0 Å². The van der Waals surface area contributed by atoms with Gasteiger partial charge in [0.05, 0.1) is 23.9 Å². The van der Waals surface area contributed by atoms with Crippen LogP contribution < -0.4 is 5.43 Å². The number of aromatic nitrogens is 1. The maximum Gasteiger partial charge on any atom is 0.278 e. The van der Waals surface area contributed by atoms with Crippen molar-refractivity contribution < 1.29 is 13.2 Å². The Kier molecular flexibility index (Phi) is 2.92. The third kappa shape index (κ3) is 1.93. The minimum absolute atomic E-state index is 0.407. The number of rotatable bonds is 2. The Bertz CT molecular complexity index is 433. The quantitative estimate of drug-likeness (QED) is 0.790. The SMILES string of the molecule is N#CCc1[nH]c(C(F)F)cc(=O)c1F. The van der Waals surface area contributed by atoms with Crippen LogP contribution in [0.25, 0.3) is 0 Å². The highest BCUT2D eigenvalue weighted by molar-refractivity contribution is 5.17. The molecule has 0 aromatic carbocycles. The summed E-state index contributed by atoms with van der Waals surface area (Å²) in [5, 5.41) is 8.24. The van der Waals surface area contributed by atoms with Gasteiger partial charge in [0, 0.05) is 6.07 Å². The number of nitriles is 1. The maximum absolute atomic E-state index is 12.9. The number of halogens is 3. The lowest BCUT2D eigenvalue weighted by molar-refractivity contribution is 0.145. The summed E-state index contributed by atoms with van der Waals surface area (Å²) in [6, 6.07) is 2.05. The summed E-state index contributed by atoms with van der Waals surface area (Å²) < 4.78 is 37.1. The lowest BCUT2D eigenvalue weighted by Crippen LogP contribution is -2.13. The summed E-state index contributed by atoms with van der Waals surface area (Å²) >= 11 is 0. The van der Waals surface area contributed by atoms with Gasteiger partial charge in [0.25, 0.3) is 6.43 Å². The van der Waals surface area contributed by atoms with Gasteiger partial charge in [-0.25, -0.2) is 13.2 Å². The molecule has 1 heterocycles. The van der Waals surface area contributed by atoms with Gasteiger partial charge in [0.15, 0.2) is 5.82 Å². The molecule has 14 heavy (non-hydrogen) atoms. The van der Waals surface area contributed by atoms with Crippen LogP contribution in [-0.2, 0) is 6.42 Å². The van der Waals surface area contributed by atoms with E-state index in [1.165, 1.54) is 0 Å². The summed E-state index contributed by atoms with van der Waals surface area (Å²) in [6.45, 7) is 0. The highest BCUT2D eigenvalue weighted by Gasteiger charge is 2.14. The summed E-state index contributed by atoms with van der Waals surface area (Å²) in [6.07, 6.45) is -3.33. The van der Waals surface area contributed by atoms with Gasteiger partial charge in [-0.2, -0.15) is 5.26 Å². The number of nitrogens with one attached hydrogen (secondary N) is 1. The van der Waals surface area contributed by atoms with E-state index in [1.54, 1.807) is 6.07 Å². The van der Waals surface area contributed by atoms with E-state index >= 15 is 0 Å². The van der Waals surface area contributed by atoms with E-state index in [4.69, 9.17) is 5.26 Å². The monoisotopic (exact) mass is 202 g/mol. The molecule has 0 saturated carbocycles. The molecule has 0 aliphatic heterocycles. The van der Waals surface area contributed by atoms with Crippen LogP contribution in [-0.4, -0.2) is 4.98 Å². The largest absolute Gasteiger partial charge is 0.354 e. The molecular weight excluding hydrogens is 197 g/mol. The van der Waals surface area contributed by atoms with Gasteiger partial charge in [-0.15, -0.1) is 0 Å². The summed E-state index contributed by atoms with van der Waals surface area (Å²) in [5.74, 6) is -1.18. The number of hydrogen-bond acceptors (Lipinski definition) is 2. The molecule has 3 nitrogen and oxygen atoms in total. The number of aromatic amines is 1. The van der Waals surface area contributed by atoms with Gasteiger partial charge in [-0.1, -0.05) is 0 Å². The molecule has 1 aromatic rings. The van der Waals surface area contributed by atoms with Crippen LogP contribution in [0.3, 0.4) is 0 Å². The molecule has 0 fully saturated rings. The zero-order valence-corrected chi connectivity index (χ0v) is 6.85. The molecule has 0 aliphatic carbocycles. The number of hydrogen-bond donors (Lipinski definition) is 1. The molecule has 0 unspecified atom stereocenters. The predicted octanol–water partition coefficient (Wildman–Crippen LogP) is 1.52. The third-order valence-electron chi connectivity index (χ3n) is 1.55. The Hall–Kier alpha value is -1.77. The lowest BCUT2D eigenvalue weighted by atomic mass is 10.2. The first-order chi connectivity index (χ1) is 6.56. The van der Waals surface area contributed by atoms with Gasteiger partial charge in [0.1, 0.15) is 0 Å². The molecule has 0 spiro atoms. The van der Waals surface area contributed by atoms with Gasteiger partial charge in [0.2, 0.25) is 5.43 Å². The molecule has 74 valence electrons. The molecule has 1 rings (SSSR count). The van der Waals surface area contributed by atoms with Crippen LogP contribution in [0.2, 0.25) is 0 Å². The minimum atomic E-state index is -2.89. The van der Waals surface area contributed by atoms with E-state index in [9.17, 15) is 18.0 Å². The van der Waals surface area contributed by atoms with E-state index in [0.717, 1.165) is 0 Å². The molecule has 1 N–H and O–H groups in total. The first-order valence-electron chi connectivity index (χ1n) is 3.63. The molecule has 0 radical (unpaired) electrons. The number of alkyl halides is 2. The minimum Gasteiger partial charge on any atom is -0.354 e. The second kappa shape index (κ2) is 3.96. The third-order valence-corrected chi connectivity index (χ3v) is 1.55. The average molecular weight is 202 g/mol. The summed E-state index contributed by atoms with van der Waals surface area (Å²) in [5.41, 5.74) is -2.22. The van der Waals surface area contributed by atoms with Crippen LogP contribution in [0.4, 0.5) is 13.2 Å². The normalized spacial score (nSPS) is 10.2. The van der Waals surface area contributed by atoms with E-state index in [1.807, 2.05) is 4.98 Å². The first-order valence-corrected chi connectivity index (χ1v) is 3.63. The summed E-state index contributed by atoms with van der Waals surface area (Å²) in [4.78, 5) is 12.8. The zero-order valence-electron chi connectivity index (χ0n) is 6.85. The molecule has 1 aromatic heterocycles. The van der Waals surface area contributed by atoms with Gasteiger partial charge < -0.3 is 4.98 Å². The highest BCUT2D eigenvalue weighted by atomic mass is 19.3. The Morgan fingerprint density at radius 3 is 2.71 bits per heavy atom. The van der Waals surface area contributed by atoms with E-state index < -0.39 is 35.5 Å². The zero-order chi connectivity index (χ0) is 10.7. The highest BCUT2D eigenvalue weighted by Crippen LogP contribution is 2.15.